The van der Waals surface area contributed by atoms with Gasteiger partial charge in [-0.2, -0.15) is 0 Å². The lowest BCUT2D eigenvalue weighted by Gasteiger charge is -2.09. The number of hydrogen-bond donors (Lipinski definition) is 1. The van der Waals surface area contributed by atoms with Crippen LogP contribution < -0.4 is 5.56 Å². The summed E-state index contributed by atoms with van der Waals surface area (Å²) in [7, 11) is 0. The van der Waals surface area contributed by atoms with Gasteiger partial charge in [0.05, 0.1) is 17.3 Å². The van der Waals surface area contributed by atoms with Crippen molar-refractivity contribution < 1.29 is 13.9 Å². The molecule has 4 rings (SSSR count). The number of carbonyl (C=O) groups is 1. The van der Waals surface area contributed by atoms with Crippen molar-refractivity contribution in [3.05, 3.63) is 76.7 Å². The minimum atomic E-state index is -0.684. The monoisotopic (exact) mass is 390 g/mol. The van der Waals surface area contributed by atoms with Crippen LogP contribution in [0.4, 0.5) is 0 Å². The Hall–Kier alpha value is -3.81. The average molecular weight is 390 g/mol. The van der Waals surface area contributed by atoms with Gasteiger partial charge in [0.1, 0.15) is 5.82 Å². The number of aromatic amines is 1. The highest BCUT2D eigenvalue weighted by atomic mass is 16.6. The molecule has 0 radical (unpaired) electrons. The molecule has 0 amide bonds. The number of fused-ring (bicyclic) bond motifs is 1. The van der Waals surface area contributed by atoms with Crippen molar-refractivity contribution in [2.75, 3.05) is 0 Å². The van der Waals surface area contributed by atoms with Gasteiger partial charge in [0.2, 0.25) is 5.89 Å². The maximum absolute atomic E-state index is 12.2. The van der Waals surface area contributed by atoms with Gasteiger partial charge in [-0.25, -0.2) is 4.98 Å². The molecule has 4 aromatic rings. The molecule has 0 bridgehead atoms. The molecule has 0 unspecified atom stereocenters. The molecule has 0 aliphatic heterocycles. The van der Waals surface area contributed by atoms with Crippen molar-refractivity contribution in [2.24, 2.45) is 0 Å². The summed E-state index contributed by atoms with van der Waals surface area (Å²) in [6, 6.07) is 16.4. The van der Waals surface area contributed by atoms with Crippen LogP contribution in [0.5, 0.6) is 0 Å². The van der Waals surface area contributed by atoms with E-state index in [4.69, 9.17) is 9.15 Å². The largest absolute Gasteiger partial charge is 0.453 e. The van der Waals surface area contributed by atoms with Crippen molar-refractivity contribution >= 4 is 16.9 Å². The van der Waals surface area contributed by atoms with Crippen LogP contribution in [0.1, 0.15) is 31.2 Å². The van der Waals surface area contributed by atoms with Gasteiger partial charge < -0.3 is 14.1 Å². The number of H-pyrrole nitrogens is 1. The first-order chi connectivity index (χ1) is 14.1. The van der Waals surface area contributed by atoms with Crippen LogP contribution in [0, 0.1) is 0 Å². The molecular formula is C21H18N4O4. The summed E-state index contributed by atoms with van der Waals surface area (Å²) in [6.45, 7) is 1.66. The molecule has 0 aliphatic carbocycles. The Kier molecular flexibility index (Phi) is 5.15. The van der Waals surface area contributed by atoms with Crippen molar-refractivity contribution in [3.8, 4) is 11.5 Å². The van der Waals surface area contributed by atoms with Gasteiger partial charge in [-0.1, -0.05) is 30.3 Å². The third kappa shape index (κ3) is 4.21. The van der Waals surface area contributed by atoms with Gasteiger partial charge >= 0.3 is 5.97 Å². The molecule has 8 heteroatoms. The number of ether oxygens (including phenoxy) is 1. The fourth-order valence-electron chi connectivity index (χ4n) is 2.88. The zero-order chi connectivity index (χ0) is 20.2. The fourth-order valence-corrected chi connectivity index (χ4v) is 2.88. The van der Waals surface area contributed by atoms with E-state index >= 15 is 0 Å². The number of nitrogens with zero attached hydrogens (tertiary/aromatic N) is 3. The molecule has 0 aliphatic rings. The van der Waals surface area contributed by atoms with E-state index in [0.717, 1.165) is 5.56 Å². The quantitative estimate of drug-likeness (QED) is 0.503. The number of hydrogen-bond acceptors (Lipinski definition) is 7. The third-order valence-corrected chi connectivity index (χ3v) is 4.35. The highest BCUT2D eigenvalue weighted by Crippen LogP contribution is 2.22. The summed E-state index contributed by atoms with van der Waals surface area (Å²) in [5.74, 6) is 0.561. The van der Waals surface area contributed by atoms with Crippen LogP contribution >= 0.6 is 0 Å². The van der Waals surface area contributed by atoms with E-state index in [2.05, 4.69) is 20.2 Å². The number of aromatic nitrogens is 4. The predicted molar refractivity (Wildman–Crippen MR) is 105 cm³/mol. The molecule has 2 heterocycles. The second-order valence-electron chi connectivity index (χ2n) is 6.47. The van der Waals surface area contributed by atoms with Gasteiger partial charge in [0.25, 0.3) is 11.4 Å². The maximum atomic E-state index is 12.2. The summed E-state index contributed by atoms with van der Waals surface area (Å²) >= 11 is 0. The Morgan fingerprint density at radius 2 is 1.86 bits per heavy atom. The third-order valence-electron chi connectivity index (χ3n) is 4.35. The second kappa shape index (κ2) is 8.05. The Morgan fingerprint density at radius 1 is 1.10 bits per heavy atom. The van der Waals surface area contributed by atoms with Crippen molar-refractivity contribution in [1.29, 1.82) is 0 Å². The molecule has 0 saturated carbocycles. The average Bonchev–Trinajstić information content (AvgIpc) is 3.23. The minimum absolute atomic E-state index is 0.0608. The van der Waals surface area contributed by atoms with Crippen LogP contribution in [0.3, 0.4) is 0 Å². The van der Waals surface area contributed by atoms with Gasteiger partial charge in [-0.15, -0.1) is 10.2 Å². The number of para-hydroxylation sites is 1. The zero-order valence-electron chi connectivity index (χ0n) is 15.7. The number of esters is 1. The molecule has 0 fully saturated rings. The lowest BCUT2D eigenvalue weighted by molar-refractivity contribution is -0.149. The standard InChI is InChI=1S/C21H18N4O4/c1-13(20-24-25-21(29-20)14-7-3-2-4-8-14)28-18(26)12-11-17-22-16-10-6-5-9-15(16)19(27)23-17/h2-10,13H,11-12H2,1H3,(H,22,23,27)/t13-/m0/s1. The number of carbonyl (C=O) groups excluding carboxylic acids is 1. The van der Waals surface area contributed by atoms with Crippen molar-refractivity contribution in [1.82, 2.24) is 20.2 Å². The SMILES string of the molecule is C[C@H](OC(=O)CCc1nc2ccccc2c(=O)[nH]1)c1nnc(-c2ccccc2)o1. The van der Waals surface area contributed by atoms with Crippen LogP contribution in [0.25, 0.3) is 22.4 Å². The Bertz CT molecular complexity index is 1200. The summed E-state index contributed by atoms with van der Waals surface area (Å²) in [5.41, 5.74) is 1.15. The summed E-state index contributed by atoms with van der Waals surface area (Å²) < 4.78 is 11.0. The molecule has 146 valence electrons. The van der Waals surface area contributed by atoms with E-state index < -0.39 is 12.1 Å². The van der Waals surface area contributed by atoms with Crippen LogP contribution in [-0.4, -0.2) is 26.1 Å². The first-order valence-corrected chi connectivity index (χ1v) is 9.16. The smallest absolute Gasteiger partial charge is 0.307 e. The Labute approximate surface area is 165 Å². The van der Waals surface area contributed by atoms with E-state index in [1.165, 1.54) is 0 Å². The highest BCUT2D eigenvalue weighted by molar-refractivity contribution is 5.77. The zero-order valence-corrected chi connectivity index (χ0v) is 15.7. The van der Waals surface area contributed by atoms with Crippen molar-refractivity contribution in [2.45, 2.75) is 25.9 Å². The topological polar surface area (TPSA) is 111 Å². The van der Waals surface area contributed by atoms with E-state index in [9.17, 15) is 9.59 Å². The fraction of sp³-hybridized carbons (Fsp3) is 0.190. The second-order valence-corrected chi connectivity index (χ2v) is 6.47. The first-order valence-electron chi connectivity index (χ1n) is 9.16. The molecule has 2 aromatic heterocycles. The normalized spacial score (nSPS) is 12.0. The lowest BCUT2D eigenvalue weighted by Crippen LogP contribution is -2.14. The van der Waals surface area contributed by atoms with Crippen molar-refractivity contribution in [3.63, 3.8) is 0 Å². The first kappa shape index (κ1) is 18.5. The van der Waals surface area contributed by atoms with Gasteiger partial charge in [-0.3, -0.25) is 9.59 Å². The van der Waals surface area contributed by atoms with Gasteiger partial charge in [-0.05, 0) is 31.2 Å². The molecule has 1 N–H and O–H groups in total. The number of rotatable bonds is 6. The number of benzene rings is 2. The van der Waals surface area contributed by atoms with Crippen LogP contribution in [0.2, 0.25) is 0 Å². The van der Waals surface area contributed by atoms with Gasteiger partial charge in [0, 0.05) is 12.0 Å². The molecule has 1 atom stereocenters. The number of nitrogens with one attached hydrogen (secondary N) is 1. The lowest BCUT2D eigenvalue weighted by atomic mass is 10.2. The molecule has 0 spiro atoms. The maximum Gasteiger partial charge on any atom is 0.307 e. The van der Waals surface area contributed by atoms with Gasteiger partial charge in [0.15, 0.2) is 6.10 Å². The Morgan fingerprint density at radius 3 is 2.69 bits per heavy atom. The van der Waals surface area contributed by atoms with E-state index in [0.29, 0.717) is 22.6 Å². The van der Waals surface area contributed by atoms with Crippen LogP contribution in [-0.2, 0) is 16.0 Å². The summed E-state index contributed by atoms with van der Waals surface area (Å²) in [5, 5.41) is 8.46. The molecule has 29 heavy (non-hydrogen) atoms. The highest BCUT2D eigenvalue weighted by Gasteiger charge is 2.19. The summed E-state index contributed by atoms with van der Waals surface area (Å²) in [4.78, 5) is 31.4. The molecule has 2 aromatic carbocycles. The molecule has 8 nitrogen and oxygen atoms in total. The minimum Gasteiger partial charge on any atom is -0.453 e. The van der Waals surface area contributed by atoms with Crippen LogP contribution in [0.15, 0.2) is 63.8 Å². The van der Waals surface area contributed by atoms with E-state index in [1.807, 2.05) is 36.4 Å². The van der Waals surface area contributed by atoms with E-state index in [1.54, 1.807) is 25.1 Å². The van der Waals surface area contributed by atoms with E-state index in [-0.39, 0.29) is 24.3 Å². The summed E-state index contributed by atoms with van der Waals surface area (Å²) in [6.07, 6.45) is -0.369. The molecular weight excluding hydrogens is 372 g/mol. The Balaban J connectivity index is 1.37. The predicted octanol–water partition coefficient (Wildman–Crippen LogP) is 3.21. The number of aryl methyl sites for hydroxylation is 1. The molecule has 0 saturated heterocycles.